The summed E-state index contributed by atoms with van der Waals surface area (Å²) in [6.07, 6.45) is 15.2. The van der Waals surface area contributed by atoms with Crippen LogP contribution < -0.4 is 0 Å². The Hall–Kier alpha value is 0.130. The first-order valence-corrected chi connectivity index (χ1v) is 12.0. The zero-order valence-corrected chi connectivity index (χ0v) is 20.6. The number of hydrogen-bond acceptors (Lipinski definition) is 3. The monoisotopic (exact) mass is 405 g/mol. The molecule has 1 radical (unpaired) electrons. The van der Waals surface area contributed by atoms with Crippen LogP contribution in [0.1, 0.15) is 97.3 Å². The Bertz CT molecular complexity index is 546. The molecule has 151 valence electrons. The van der Waals surface area contributed by atoms with Gasteiger partial charge in [-0.1, -0.05) is 103 Å². The van der Waals surface area contributed by atoms with Gasteiger partial charge in [0.05, 0.1) is 11.0 Å². The van der Waals surface area contributed by atoms with Crippen LogP contribution in [0.5, 0.6) is 0 Å². The predicted octanol–water partition coefficient (Wildman–Crippen LogP) is 6.49. The molecule has 0 saturated carbocycles. The third kappa shape index (κ3) is 13.1. The van der Waals surface area contributed by atoms with Gasteiger partial charge in [0.2, 0.25) is 0 Å². The van der Waals surface area contributed by atoms with E-state index in [-0.39, 0.29) is 40.6 Å². The van der Waals surface area contributed by atoms with Crippen LogP contribution in [-0.4, -0.2) is 44.1 Å². The summed E-state index contributed by atoms with van der Waals surface area (Å²) in [6.45, 7) is 4.32. The second-order valence-corrected chi connectivity index (χ2v) is 8.82. The van der Waals surface area contributed by atoms with Crippen LogP contribution in [0.3, 0.4) is 0 Å². The molecule has 0 N–H and O–H groups in total. The van der Waals surface area contributed by atoms with Gasteiger partial charge in [0, 0.05) is 29.6 Å². The van der Waals surface area contributed by atoms with Crippen LogP contribution >= 0.6 is 0 Å². The molecule has 0 aliphatic carbocycles. The summed E-state index contributed by atoms with van der Waals surface area (Å²) in [7, 11) is -3.64. The van der Waals surface area contributed by atoms with Crippen molar-refractivity contribution in [3.8, 4) is 0 Å². The van der Waals surface area contributed by atoms with Crippen LogP contribution in [0, 0.1) is 0 Å². The number of rotatable bonds is 16. The third-order valence-electron chi connectivity index (χ3n) is 4.78. The van der Waals surface area contributed by atoms with Gasteiger partial charge in [-0.15, -0.1) is 0 Å². The van der Waals surface area contributed by atoms with E-state index in [1.54, 1.807) is 24.3 Å². The van der Waals surface area contributed by atoms with Crippen LogP contribution in [0.4, 0.5) is 0 Å². The van der Waals surface area contributed by atoms with Gasteiger partial charge in [-0.25, -0.2) is 0 Å². The molecule has 0 aliphatic heterocycles. The normalized spacial score (nSPS) is 12.5. The van der Waals surface area contributed by atoms with E-state index in [2.05, 4.69) is 13.8 Å². The van der Waals surface area contributed by atoms with Gasteiger partial charge in [0.1, 0.15) is 0 Å². The molecular weight excluding hydrogens is 367 g/mol. The summed E-state index contributed by atoms with van der Waals surface area (Å²) in [4.78, 5) is 0.254. The van der Waals surface area contributed by atoms with E-state index in [0.717, 1.165) is 25.7 Å². The smallest absolute Gasteiger partial charge is 0.263 e. The van der Waals surface area contributed by atoms with Crippen LogP contribution in [0.2, 0.25) is 0 Å². The van der Waals surface area contributed by atoms with E-state index < -0.39 is 10.1 Å². The zero-order chi connectivity index (χ0) is 19.1. The Labute approximate surface area is 190 Å². The number of hydrogen-bond donors (Lipinski definition) is 0. The number of benzene rings is 1. The molecule has 0 heterocycles. The molecule has 1 rings (SSSR count). The van der Waals surface area contributed by atoms with E-state index in [0.29, 0.717) is 0 Å². The summed E-state index contributed by atoms with van der Waals surface area (Å²) < 4.78 is 30.3. The zero-order valence-electron chi connectivity index (χ0n) is 17.8. The van der Waals surface area contributed by atoms with Crippen molar-refractivity contribution in [2.24, 2.45) is 0 Å². The number of unbranched alkanes of at least 4 members (excludes halogenated alkanes) is 9. The molecule has 27 heavy (non-hydrogen) atoms. The third-order valence-corrected chi connectivity index (χ3v) is 6.16. The Balaban J connectivity index is 0.00000676. The van der Waals surface area contributed by atoms with Crippen molar-refractivity contribution in [2.75, 3.05) is 0 Å². The maximum atomic E-state index is 12.4. The second kappa shape index (κ2) is 17.0. The van der Waals surface area contributed by atoms with E-state index in [1.165, 1.54) is 57.8 Å². The van der Waals surface area contributed by atoms with Gasteiger partial charge < -0.3 is 0 Å². The molecule has 0 amide bonds. The van der Waals surface area contributed by atoms with Crippen molar-refractivity contribution in [3.05, 3.63) is 30.3 Å². The van der Waals surface area contributed by atoms with E-state index in [4.69, 9.17) is 4.18 Å². The Morgan fingerprint density at radius 1 is 0.741 bits per heavy atom. The summed E-state index contributed by atoms with van der Waals surface area (Å²) in [5, 5.41) is 0. The van der Waals surface area contributed by atoms with Crippen molar-refractivity contribution < 1.29 is 12.6 Å². The summed E-state index contributed by atoms with van der Waals surface area (Å²) >= 11 is 0. The quantitative estimate of drug-likeness (QED) is 0.179. The fourth-order valence-corrected chi connectivity index (χ4v) is 4.40. The second-order valence-electron chi connectivity index (χ2n) is 7.24. The molecule has 5 heteroatoms. The van der Waals surface area contributed by atoms with Gasteiger partial charge in [0.25, 0.3) is 10.1 Å². The van der Waals surface area contributed by atoms with Crippen LogP contribution in [0.25, 0.3) is 0 Å². The Morgan fingerprint density at radius 2 is 1.26 bits per heavy atom. The minimum Gasteiger partial charge on any atom is -0.263 e. The molecular formula is C22H38NaO3S. The molecule has 0 aliphatic rings. The molecule has 0 bridgehead atoms. The predicted molar refractivity (Wildman–Crippen MR) is 116 cm³/mol. The molecule has 0 aromatic heterocycles. The first-order chi connectivity index (χ1) is 12.6. The molecule has 1 aromatic rings. The first kappa shape index (κ1) is 27.1. The molecule has 3 nitrogen and oxygen atoms in total. The SMILES string of the molecule is CCCCCCCCCCCCC(CCC)OS(=O)(=O)c1ccccc1.[Na]. The van der Waals surface area contributed by atoms with E-state index >= 15 is 0 Å². The molecule has 1 unspecified atom stereocenters. The molecule has 0 fully saturated rings. The Kier molecular flexibility index (Phi) is 17.1. The van der Waals surface area contributed by atoms with Crippen molar-refractivity contribution in [3.63, 3.8) is 0 Å². The summed E-state index contributed by atoms with van der Waals surface area (Å²) in [5.74, 6) is 0. The van der Waals surface area contributed by atoms with Gasteiger partial charge in [-0.05, 0) is 25.0 Å². The van der Waals surface area contributed by atoms with E-state index in [9.17, 15) is 8.42 Å². The molecule has 0 spiro atoms. The average Bonchev–Trinajstić information content (AvgIpc) is 2.64. The van der Waals surface area contributed by atoms with Gasteiger partial charge >= 0.3 is 0 Å². The largest absolute Gasteiger partial charge is 0.297 e. The van der Waals surface area contributed by atoms with Crippen LogP contribution in [0.15, 0.2) is 35.2 Å². The standard InChI is InChI=1S/C22H38O3S.Na/c1-3-5-6-7-8-9-10-11-12-14-18-21(17-4-2)25-26(23,24)22-19-15-13-16-20-22;/h13,15-16,19-21H,3-12,14,17-18H2,1-2H3;. The van der Waals surface area contributed by atoms with Crippen molar-refractivity contribution in [1.29, 1.82) is 0 Å². The molecule has 1 aromatic carbocycles. The van der Waals surface area contributed by atoms with Gasteiger partial charge in [-0.3, -0.25) is 4.18 Å². The molecule has 0 saturated heterocycles. The molecule has 1 atom stereocenters. The summed E-state index contributed by atoms with van der Waals surface area (Å²) in [6, 6.07) is 8.46. The average molecular weight is 406 g/mol. The Morgan fingerprint density at radius 3 is 1.78 bits per heavy atom. The maximum Gasteiger partial charge on any atom is 0.297 e. The van der Waals surface area contributed by atoms with Gasteiger partial charge in [0.15, 0.2) is 0 Å². The first-order valence-electron chi connectivity index (χ1n) is 10.6. The van der Waals surface area contributed by atoms with Crippen molar-refractivity contribution in [1.82, 2.24) is 0 Å². The van der Waals surface area contributed by atoms with Crippen LogP contribution in [-0.2, 0) is 14.3 Å². The van der Waals surface area contributed by atoms with E-state index in [1.807, 2.05) is 6.07 Å². The fourth-order valence-electron chi connectivity index (χ4n) is 3.24. The van der Waals surface area contributed by atoms with Crippen molar-refractivity contribution >= 4 is 39.7 Å². The topological polar surface area (TPSA) is 43.4 Å². The fraction of sp³-hybridized carbons (Fsp3) is 0.727. The van der Waals surface area contributed by atoms with Crippen molar-refractivity contribution in [2.45, 2.75) is 108 Å². The minimum absolute atomic E-state index is 0. The van der Waals surface area contributed by atoms with Gasteiger partial charge in [-0.2, -0.15) is 8.42 Å². The summed E-state index contributed by atoms with van der Waals surface area (Å²) in [5.41, 5.74) is 0. The minimum atomic E-state index is -3.64. The maximum absolute atomic E-state index is 12.4.